The summed E-state index contributed by atoms with van der Waals surface area (Å²) in [6.07, 6.45) is 2.07. The van der Waals surface area contributed by atoms with Gasteiger partial charge < -0.3 is 9.73 Å². The molecule has 0 aliphatic carbocycles. The van der Waals surface area contributed by atoms with Crippen LogP contribution in [-0.2, 0) is 21.2 Å². The Morgan fingerprint density at radius 3 is 2.72 bits per heavy atom. The SMILES string of the molecule is O=C(CSc1nnc(-c2ccccc2)n1Cc1ccco1)N[C@@H]1CCS(=O)(=O)C1. The number of aromatic nitrogens is 3. The highest BCUT2D eigenvalue weighted by atomic mass is 32.2. The summed E-state index contributed by atoms with van der Waals surface area (Å²) in [6.45, 7) is 0.440. The van der Waals surface area contributed by atoms with Gasteiger partial charge in [-0.15, -0.1) is 10.2 Å². The van der Waals surface area contributed by atoms with Crippen LogP contribution in [0.2, 0.25) is 0 Å². The number of furan rings is 1. The van der Waals surface area contributed by atoms with Crippen LogP contribution in [0.3, 0.4) is 0 Å². The summed E-state index contributed by atoms with van der Waals surface area (Å²) >= 11 is 1.26. The van der Waals surface area contributed by atoms with Crippen molar-refractivity contribution < 1.29 is 17.6 Å². The molecule has 152 valence electrons. The number of benzene rings is 1. The Balaban J connectivity index is 1.48. The second kappa shape index (κ2) is 8.42. The molecule has 1 fully saturated rings. The van der Waals surface area contributed by atoms with Gasteiger partial charge in [0.1, 0.15) is 5.76 Å². The molecule has 10 heteroatoms. The van der Waals surface area contributed by atoms with E-state index in [1.807, 2.05) is 47.0 Å². The molecule has 3 heterocycles. The van der Waals surface area contributed by atoms with Crippen LogP contribution >= 0.6 is 11.8 Å². The molecule has 2 aromatic heterocycles. The van der Waals surface area contributed by atoms with Gasteiger partial charge in [0.2, 0.25) is 5.91 Å². The highest BCUT2D eigenvalue weighted by molar-refractivity contribution is 7.99. The minimum absolute atomic E-state index is 0.0102. The van der Waals surface area contributed by atoms with Crippen molar-refractivity contribution in [3.63, 3.8) is 0 Å². The zero-order chi connectivity index (χ0) is 20.3. The molecule has 0 spiro atoms. The van der Waals surface area contributed by atoms with Crippen LogP contribution in [0.5, 0.6) is 0 Å². The van der Waals surface area contributed by atoms with Crippen molar-refractivity contribution in [2.24, 2.45) is 0 Å². The highest BCUT2D eigenvalue weighted by Crippen LogP contribution is 2.25. The average Bonchev–Trinajstić information content (AvgIpc) is 3.42. The van der Waals surface area contributed by atoms with Crippen LogP contribution in [0.15, 0.2) is 58.3 Å². The van der Waals surface area contributed by atoms with Gasteiger partial charge >= 0.3 is 0 Å². The van der Waals surface area contributed by atoms with Gasteiger partial charge in [-0.25, -0.2) is 8.42 Å². The fourth-order valence-electron chi connectivity index (χ4n) is 3.21. The lowest BCUT2D eigenvalue weighted by Crippen LogP contribution is -2.36. The Hall–Kier alpha value is -2.59. The Bertz CT molecular complexity index is 1080. The second-order valence-electron chi connectivity index (χ2n) is 6.79. The summed E-state index contributed by atoms with van der Waals surface area (Å²) in [5, 5.41) is 12.0. The molecule has 4 rings (SSSR count). The number of thioether (sulfide) groups is 1. The predicted molar refractivity (Wildman–Crippen MR) is 109 cm³/mol. The van der Waals surface area contributed by atoms with Crippen molar-refractivity contribution in [1.29, 1.82) is 0 Å². The number of sulfone groups is 1. The summed E-state index contributed by atoms with van der Waals surface area (Å²) in [6, 6.07) is 13.1. The number of carbonyl (C=O) groups excluding carboxylic acids is 1. The summed E-state index contributed by atoms with van der Waals surface area (Å²) < 4.78 is 30.5. The maximum absolute atomic E-state index is 12.3. The molecule has 1 aromatic carbocycles. The molecule has 0 bridgehead atoms. The van der Waals surface area contributed by atoms with E-state index in [9.17, 15) is 13.2 Å². The maximum atomic E-state index is 12.3. The van der Waals surface area contributed by atoms with E-state index in [4.69, 9.17) is 4.42 Å². The number of carbonyl (C=O) groups is 1. The third-order valence-corrected chi connectivity index (χ3v) is 7.31. The van der Waals surface area contributed by atoms with E-state index in [2.05, 4.69) is 15.5 Å². The van der Waals surface area contributed by atoms with Gasteiger partial charge in [0, 0.05) is 11.6 Å². The van der Waals surface area contributed by atoms with Crippen molar-refractivity contribution in [3.05, 3.63) is 54.5 Å². The first-order valence-electron chi connectivity index (χ1n) is 9.14. The molecule has 1 amide bonds. The van der Waals surface area contributed by atoms with Crippen LogP contribution < -0.4 is 5.32 Å². The van der Waals surface area contributed by atoms with Gasteiger partial charge in [-0.05, 0) is 18.6 Å². The van der Waals surface area contributed by atoms with Crippen molar-refractivity contribution in [2.45, 2.75) is 24.2 Å². The zero-order valence-corrected chi connectivity index (χ0v) is 17.2. The van der Waals surface area contributed by atoms with Gasteiger partial charge in [-0.2, -0.15) is 0 Å². The van der Waals surface area contributed by atoms with E-state index in [1.165, 1.54) is 11.8 Å². The molecule has 1 aliphatic heterocycles. The third kappa shape index (κ3) is 4.88. The normalized spacial score (nSPS) is 18.0. The zero-order valence-electron chi connectivity index (χ0n) is 15.5. The van der Waals surface area contributed by atoms with Crippen molar-refractivity contribution in [1.82, 2.24) is 20.1 Å². The molecular formula is C19H20N4O4S2. The largest absolute Gasteiger partial charge is 0.467 e. The lowest BCUT2D eigenvalue weighted by molar-refractivity contribution is -0.119. The standard InChI is InChI=1S/C19H20N4O4S2/c24-17(20-15-8-10-29(25,26)13-15)12-28-19-22-21-18(14-5-2-1-3-6-14)23(19)11-16-7-4-9-27-16/h1-7,9,15H,8,10-13H2,(H,20,24)/t15-/m1/s1. The summed E-state index contributed by atoms with van der Waals surface area (Å²) in [5.74, 6) is 1.49. The quantitative estimate of drug-likeness (QED) is 0.569. The van der Waals surface area contributed by atoms with Gasteiger partial charge in [0.05, 0.1) is 30.1 Å². The van der Waals surface area contributed by atoms with Gasteiger partial charge in [0.15, 0.2) is 20.8 Å². The van der Waals surface area contributed by atoms with Crippen LogP contribution in [-0.4, -0.2) is 52.4 Å². The first-order chi connectivity index (χ1) is 14.0. The molecule has 29 heavy (non-hydrogen) atoms. The van der Waals surface area contributed by atoms with Crippen molar-refractivity contribution >= 4 is 27.5 Å². The van der Waals surface area contributed by atoms with E-state index >= 15 is 0 Å². The lowest BCUT2D eigenvalue weighted by atomic mass is 10.2. The third-order valence-electron chi connectivity index (χ3n) is 4.57. The average molecular weight is 433 g/mol. The first-order valence-corrected chi connectivity index (χ1v) is 11.9. The maximum Gasteiger partial charge on any atom is 0.230 e. The van der Waals surface area contributed by atoms with Crippen molar-refractivity contribution in [3.8, 4) is 11.4 Å². The number of nitrogens with zero attached hydrogens (tertiary/aromatic N) is 3. The van der Waals surface area contributed by atoms with Crippen LogP contribution in [0.4, 0.5) is 0 Å². The number of hydrogen-bond acceptors (Lipinski definition) is 7. The molecule has 3 aromatic rings. The van der Waals surface area contributed by atoms with Crippen LogP contribution in [0.25, 0.3) is 11.4 Å². The van der Waals surface area contributed by atoms with E-state index in [0.717, 1.165) is 11.3 Å². The number of amides is 1. The van der Waals surface area contributed by atoms with E-state index in [-0.39, 0.29) is 29.2 Å². The predicted octanol–water partition coefficient (Wildman–Crippen LogP) is 1.98. The van der Waals surface area contributed by atoms with Gasteiger partial charge in [0.25, 0.3) is 0 Å². The smallest absolute Gasteiger partial charge is 0.230 e. The summed E-state index contributed by atoms with van der Waals surface area (Å²) in [4.78, 5) is 12.3. The molecule has 0 radical (unpaired) electrons. The van der Waals surface area contributed by atoms with E-state index in [1.54, 1.807) is 6.26 Å². The molecule has 0 unspecified atom stereocenters. The molecule has 1 aliphatic rings. The second-order valence-corrected chi connectivity index (χ2v) is 9.97. The molecule has 1 atom stereocenters. The molecule has 1 saturated heterocycles. The number of rotatable bonds is 7. The lowest BCUT2D eigenvalue weighted by Gasteiger charge is -2.11. The number of nitrogens with one attached hydrogen (secondary N) is 1. The molecule has 0 saturated carbocycles. The first kappa shape index (κ1) is 19.7. The van der Waals surface area contributed by atoms with Crippen LogP contribution in [0, 0.1) is 0 Å². The number of hydrogen-bond donors (Lipinski definition) is 1. The van der Waals surface area contributed by atoms with Gasteiger partial charge in [-0.1, -0.05) is 42.1 Å². The molecule has 1 N–H and O–H groups in total. The summed E-state index contributed by atoms with van der Waals surface area (Å²) in [5.41, 5.74) is 0.916. The van der Waals surface area contributed by atoms with E-state index in [0.29, 0.717) is 23.9 Å². The van der Waals surface area contributed by atoms with Crippen LogP contribution in [0.1, 0.15) is 12.2 Å². The van der Waals surface area contributed by atoms with E-state index < -0.39 is 9.84 Å². The Labute approximate surface area is 172 Å². The minimum atomic E-state index is -3.03. The monoisotopic (exact) mass is 432 g/mol. The summed E-state index contributed by atoms with van der Waals surface area (Å²) in [7, 11) is -3.03. The van der Waals surface area contributed by atoms with Gasteiger partial charge in [-0.3, -0.25) is 9.36 Å². The Morgan fingerprint density at radius 2 is 2.03 bits per heavy atom. The molecular weight excluding hydrogens is 412 g/mol. The van der Waals surface area contributed by atoms with Crippen molar-refractivity contribution in [2.75, 3.05) is 17.3 Å². The highest BCUT2D eigenvalue weighted by Gasteiger charge is 2.29. The Kier molecular flexibility index (Phi) is 5.72. The molecule has 8 nitrogen and oxygen atoms in total. The fraction of sp³-hybridized carbons (Fsp3) is 0.316. The Morgan fingerprint density at radius 1 is 1.21 bits per heavy atom. The minimum Gasteiger partial charge on any atom is -0.467 e. The topological polar surface area (TPSA) is 107 Å². The fourth-order valence-corrected chi connectivity index (χ4v) is 5.63.